The second-order valence-corrected chi connectivity index (χ2v) is 4.79. The number of hydrogen-bond acceptors (Lipinski definition) is 4. The van der Waals surface area contributed by atoms with Gasteiger partial charge in [-0.1, -0.05) is 0 Å². The highest BCUT2D eigenvalue weighted by molar-refractivity contribution is 7.71. The van der Waals surface area contributed by atoms with Crippen LogP contribution in [0.2, 0.25) is 0 Å². The van der Waals surface area contributed by atoms with E-state index in [9.17, 15) is 9.59 Å². The summed E-state index contributed by atoms with van der Waals surface area (Å²) < 4.78 is 5.27. The largest absolute Gasteiger partial charge is 0.429 e. The van der Waals surface area contributed by atoms with Crippen molar-refractivity contribution in [2.24, 2.45) is 5.92 Å². The lowest BCUT2D eigenvalue weighted by molar-refractivity contribution is -0.123. The molecule has 0 saturated carbocycles. The Labute approximate surface area is 113 Å². The molecule has 2 amide bonds. The highest BCUT2D eigenvalue weighted by Crippen LogP contribution is 2.20. The number of amides is 2. The van der Waals surface area contributed by atoms with Gasteiger partial charge in [0, 0.05) is 24.7 Å². The molecule has 19 heavy (non-hydrogen) atoms. The average Bonchev–Trinajstić information content (AvgIpc) is 2.93. The van der Waals surface area contributed by atoms with Crippen molar-refractivity contribution in [3.05, 3.63) is 23.0 Å². The van der Waals surface area contributed by atoms with Crippen LogP contribution in [0.1, 0.15) is 6.42 Å². The van der Waals surface area contributed by atoms with Gasteiger partial charge in [0.15, 0.2) is 5.58 Å². The van der Waals surface area contributed by atoms with Crippen LogP contribution in [-0.4, -0.2) is 23.3 Å². The molecule has 6 nitrogen and oxygen atoms in total. The molecule has 1 aromatic heterocycles. The van der Waals surface area contributed by atoms with Gasteiger partial charge in [-0.15, -0.1) is 0 Å². The lowest BCUT2D eigenvalue weighted by atomic mass is 10.1. The molecule has 3 N–H and O–H groups in total. The summed E-state index contributed by atoms with van der Waals surface area (Å²) >= 11 is 4.89. The van der Waals surface area contributed by atoms with Crippen molar-refractivity contribution in [1.82, 2.24) is 10.3 Å². The van der Waals surface area contributed by atoms with Gasteiger partial charge in [0.2, 0.25) is 11.8 Å². The fourth-order valence-corrected chi connectivity index (χ4v) is 2.26. The summed E-state index contributed by atoms with van der Waals surface area (Å²) in [7, 11) is 0. The number of anilines is 1. The fraction of sp³-hybridized carbons (Fsp3) is 0.250. The molecule has 0 unspecified atom stereocenters. The number of carbonyl (C=O) groups is 2. The molecule has 0 bridgehead atoms. The van der Waals surface area contributed by atoms with Crippen molar-refractivity contribution >= 4 is 40.8 Å². The number of hydrogen-bond donors (Lipinski definition) is 3. The first-order valence-electron chi connectivity index (χ1n) is 5.82. The molecular formula is C12H11N3O3S. The zero-order valence-corrected chi connectivity index (χ0v) is 10.7. The summed E-state index contributed by atoms with van der Waals surface area (Å²) in [6.45, 7) is 0.387. The van der Waals surface area contributed by atoms with E-state index in [-0.39, 0.29) is 24.2 Å². The predicted octanol–water partition coefficient (Wildman–Crippen LogP) is 1.56. The van der Waals surface area contributed by atoms with E-state index >= 15 is 0 Å². The Hall–Kier alpha value is -2.15. The summed E-state index contributed by atoms with van der Waals surface area (Å²) in [4.78, 5) is 26.2. The lowest BCUT2D eigenvalue weighted by Crippen LogP contribution is -2.24. The minimum absolute atomic E-state index is 0.0908. The van der Waals surface area contributed by atoms with E-state index < -0.39 is 0 Å². The minimum Gasteiger partial charge on any atom is -0.429 e. The maximum atomic E-state index is 11.9. The maximum Gasteiger partial charge on any atom is 0.266 e. The smallest absolute Gasteiger partial charge is 0.266 e. The van der Waals surface area contributed by atoms with Gasteiger partial charge in [-0.05, 0) is 24.4 Å². The Kier molecular flexibility index (Phi) is 2.83. The number of aromatic nitrogens is 1. The van der Waals surface area contributed by atoms with Crippen molar-refractivity contribution in [2.75, 3.05) is 11.9 Å². The molecule has 1 aliphatic rings. The molecule has 3 rings (SSSR count). The third kappa shape index (κ3) is 2.37. The van der Waals surface area contributed by atoms with Crippen molar-refractivity contribution in [3.63, 3.8) is 0 Å². The van der Waals surface area contributed by atoms with Crippen molar-refractivity contribution in [2.45, 2.75) is 6.42 Å². The predicted molar refractivity (Wildman–Crippen MR) is 71.1 cm³/mol. The molecule has 98 valence electrons. The van der Waals surface area contributed by atoms with Crippen LogP contribution in [0, 0.1) is 10.8 Å². The zero-order chi connectivity index (χ0) is 13.4. The number of benzene rings is 1. The van der Waals surface area contributed by atoms with E-state index in [0.717, 1.165) is 5.52 Å². The second kappa shape index (κ2) is 4.51. The van der Waals surface area contributed by atoms with Crippen LogP contribution in [0.3, 0.4) is 0 Å². The summed E-state index contributed by atoms with van der Waals surface area (Å²) in [5, 5.41) is 5.40. The molecule has 1 atom stereocenters. The Morgan fingerprint density at radius 3 is 3.05 bits per heavy atom. The average molecular weight is 277 g/mol. The summed E-state index contributed by atoms with van der Waals surface area (Å²) in [5.74, 6) is -0.584. The van der Waals surface area contributed by atoms with Crippen LogP contribution >= 0.6 is 12.2 Å². The van der Waals surface area contributed by atoms with Gasteiger partial charge in [0.05, 0.1) is 11.4 Å². The summed E-state index contributed by atoms with van der Waals surface area (Å²) in [6, 6.07) is 5.23. The van der Waals surface area contributed by atoms with Crippen molar-refractivity contribution in [1.29, 1.82) is 0 Å². The van der Waals surface area contributed by atoms with Gasteiger partial charge in [-0.25, -0.2) is 0 Å². The first-order valence-corrected chi connectivity index (χ1v) is 6.23. The van der Waals surface area contributed by atoms with Crippen LogP contribution < -0.4 is 10.6 Å². The van der Waals surface area contributed by atoms with Gasteiger partial charge >= 0.3 is 0 Å². The molecule has 1 aromatic carbocycles. The second-order valence-electron chi connectivity index (χ2n) is 4.42. The Bertz CT molecular complexity index is 718. The monoisotopic (exact) mass is 277 g/mol. The van der Waals surface area contributed by atoms with Crippen LogP contribution in [-0.2, 0) is 9.59 Å². The standard InChI is InChI=1S/C12H11N3O3S/c16-10-3-6(5-13-10)11(17)14-7-1-2-8-9(4-7)18-12(19)15-8/h1-2,4,6H,3,5H2,(H,13,16)(H,14,17)(H,15,19)/t6-/m0/s1. The third-order valence-corrected chi connectivity index (χ3v) is 3.22. The molecule has 2 heterocycles. The van der Waals surface area contributed by atoms with Gasteiger partial charge in [0.1, 0.15) is 0 Å². The SMILES string of the molecule is O=C1C[C@H](C(=O)Nc2ccc3[nH]c(=S)oc3c2)CN1. The van der Waals surface area contributed by atoms with Gasteiger partial charge in [-0.3, -0.25) is 9.59 Å². The van der Waals surface area contributed by atoms with Crippen LogP contribution in [0.25, 0.3) is 11.1 Å². The Morgan fingerprint density at radius 1 is 1.47 bits per heavy atom. The van der Waals surface area contributed by atoms with Crippen molar-refractivity contribution in [3.8, 4) is 0 Å². The first kappa shape index (κ1) is 11.9. The van der Waals surface area contributed by atoms with E-state index in [2.05, 4.69) is 15.6 Å². The van der Waals surface area contributed by atoms with Crippen LogP contribution in [0.15, 0.2) is 22.6 Å². The van der Waals surface area contributed by atoms with E-state index in [1.54, 1.807) is 18.2 Å². The lowest BCUT2D eigenvalue weighted by Gasteiger charge is -2.08. The number of H-pyrrole nitrogens is 1. The minimum atomic E-state index is -0.319. The first-order chi connectivity index (χ1) is 9.11. The molecule has 7 heteroatoms. The number of oxazole rings is 1. The highest BCUT2D eigenvalue weighted by atomic mass is 32.1. The highest BCUT2D eigenvalue weighted by Gasteiger charge is 2.27. The number of fused-ring (bicyclic) bond motifs is 1. The van der Waals surface area contributed by atoms with E-state index in [1.807, 2.05) is 0 Å². The third-order valence-electron chi connectivity index (χ3n) is 3.04. The zero-order valence-electron chi connectivity index (χ0n) is 9.86. The van der Waals surface area contributed by atoms with Crippen molar-refractivity contribution < 1.29 is 14.0 Å². The molecule has 1 fully saturated rings. The fourth-order valence-electron chi connectivity index (χ4n) is 2.06. The number of aromatic amines is 1. The molecule has 2 aromatic rings. The van der Waals surface area contributed by atoms with Crippen LogP contribution in [0.4, 0.5) is 5.69 Å². The quantitative estimate of drug-likeness (QED) is 0.727. The molecule has 0 spiro atoms. The molecule has 0 aliphatic carbocycles. The summed E-state index contributed by atoms with van der Waals surface area (Å²) in [5.41, 5.74) is 1.98. The Balaban J connectivity index is 1.79. The normalized spacial score (nSPS) is 18.5. The van der Waals surface area contributed by atoms with Gasteiger partial charge < -0.3 is 20.0 Å². The van der Waals surface area contributed by atoms with Gasteiger partial charge in [-0.2, -0.15) is 0 Å². The molecule has 1 aliphatic heterocycles. The topological polar surface area (TPSA) is 87.1 Å². The van der Waals surface area contributed by atoms with Crippen LogP contribution in [0.5, 0.6) is 0 Å². The number of rotatable bonds is 2. The van der Waals surface area contributed by atoms with E-state index in [0.29, 0.717) is 22.7 Å². The maximum absolute atomic E-state index is 11.9. The Morgan fingerprint density at radius 2 is 2.32 bits per heavy atom. The molecule has 0 radical (unpaired) electrons. The number of carbonyl (C=O) groups excluding carboxylic acids is 2. The van der Waals surface area contributed by atoms with E-state index in [4.69, 9.17) is 16.6 Å². The molecular weight excluding hydrogens is 266 g/mol. The summed E-state index contributed by atoms with van der Waals surface area (Å²) in [6.07, 6.45) is 0.235. The van der Waals surface area contributed by atoms with E-state index in [1.165, 1.54) is 0 Å². The molecule has 1 saturated heterocycles. The van der Waals surface area contributed by atoms with Gasteiger partial charge in [0.25, 0.3) is 4.84 Å². The number of nitrogens with one attached hydrogen (secondary N) is 3.